The number of benzene rings is 2. The Morgan fingerprint density at radius 2 is 1.60 bits per heavy atom. The van der Waals surface area contributed by atoms with E-state index in [2.05, 4.69) is 12.3 Å². The fourth-order valence-electron chi connectivity index (χ4n) is 2.11. The molecule has 0 fully saturated rings. The van der Waals surface area contributed by atoms with Gasteiger partial charge >= 0.3 is 0 Å². The van der Waals surface area contributed by atoms with Crippen molar-refractivity contribution < 1.29 is 9.90 Å². The van der Waals surface area contributed by atoms with Crippen molar-refractivity contribution in [3.05, 3.63) is 90.2 Å². The molecule has 0 unspecified atom stereocenters. The third-order valence-corrected chi connectivity index (χ3v) is 3.15. The molecule has 100 valence electrons. The summed E-state index contributed by atoms with van der Waals surface area (Å²) in [6, 6.07) is 18.2. The molecule has 0 saturated carbocycles. The van der Waals surface area contributed by atoms with Crippen molar-refractivity contribution in [2.45, 2.75) is 12.0 Å². The summed E-state index contributed by atoms with van der Waals surface area (Å²) in [6.45, 7) is 3.54. The first-order valence-corrected chi connectivity index (χ1v) is 6.42. The molecule has 0 amide bonds. The van der Waals surface area contributed by atoms with Gasteiger partial charge in [-0.3, -0.25) is 4.79 Å². The molecule has 2 nitrogen and oxygen atoms in total. The highest BCUT2D eigenvalue weighted by Gasteiger charge is 2.26. The van der Waals surface area contributed by atoms with Gasteiger partial charge in [0.15, 0.2) is 5.78 Å². The number of aliphatic hydroxyl groups is 1. The van der Waals surface area contributed by atoms with E-state index in [0.29, 0.717) is 5.56 Å². The smallest absolute Gasteiger partial charge is 0.192 e. The lowest BCUT2D eigenvalue weighted by Gasteiger charge is -2.18. The fraction of sp³-hybridized carbons (Fsp3) is 0.111. The zero-order valence-corrected chi connectivity index (χ0v) is 11.1. The van der Waals surface area contributed by atoms with Crippen LogP contribution < -0.4 is 0 Å². The van der Waals surface area contributed by atoms with Gasteiger partial charge in [-0.2, -0.15) is 0 Å². The Hall–Kier alpha value is -2.41. The quantitative estimate of drug-likeness (QED) is 0.664. The molecule has 2 rings (SSSR count). The van der Waals surface area contributed by atoms with Gasteiger partial charge < -0.3 is 5.11 Å². The lowest BCUT2D eigenvalue weighted by molar-refractivity contribution is 0.0720. The van der Waals surface area contributed by atoms with Gasteiger partial charge in [-0.25, -0.2) is 0 Å². The van der Waals surface area contributed by atoms with Crippen LogP contribution in [0.3, 0.4) is 0 Å². The van der Waals surface area contributed by atoms with E-state index in [1.165, 1.54) is 0 Å². The Morgan fingerprint density at radius 3 is 2.15 bits per heavy atom. The zero-order valence-electron chi connectivity index (χ0n) is 11.1. The molecule has 2 atom stereocenters. The molecule has 0 aliphatic rings. The number of Topliss-reactive ketones (excluding diaryl/α,β-unsaturated/α-hetero) is 1. The highest BCUT2D eigenvalue weighted by Crippen LogP contribution is 2.23. The van der Waals surface area contributed by atoms with Crippen molar-refractivity contribution in [2.24, 2.45) is 0 Å². The van der Waals surface area contributed by atoms with E-state index < -0.39 is 12.0 Å². The molecule has 0 radical (unpaired) electrons. The molecule has 0 aromatic heterocycles. The molecular weight excluding hydrogens is 248 g/mol. The zero-order chi connectivity index (χ0) is 14.4. The summed E-state index contributed by atoms with van der Waals surface area (Å²) in [5.74, 6) is -0.743. The van der Waals surface area contributed by atoms with Crippen LogP contribution in [0.2, 0.25) is 0 Å². The largest absolute Gasteiger partial charge is 0.384 e. The Kier molecular flexibility index (Phi) is 4.67. The first-order valence-electron chi connectivity index (χ1n) is 6.42. The molecule has 2 heteroatoms. The number of hydrogen-bond acceptors (Lipinski definition) is 2. The minimum Gasteiger partial charge on any atom is -0.384 e. The molecule has 2 aromatic rings. The fourth-order valence-corrected chi connectivity index (χ4v) is 2.11. The van der Waals surface area contributed by atoms with E-state index in [0.717, 1.165) is 5.56 Å². The van der Waals surface area contributed by atoms with Crippen LogP contribution in [-0.4, -0.2) is 17.0 Å². The maximum atomic E-state index is 12.3. The van der Waals surface area contributed by atoms with Crippen LogP contribution in [0.25, 0.3) is 0 Å². The van der Waals surface area contributed by atoms with Crippen LogP contribution in [0.15, 0.2) is 79.0 Å². The third-order valence-electron chi connectivity index (χ3n) is 3.15. The highest BCUT2D eigenvalue weighted by atomic mass is 16.3. The summed E-state index contributed by atoms with van der Waals surface area (Å²) in [6.07, 6.45) is 0.481. The number of rotatable bonds is 5. The van der Waals surface area contributed by atoms with Crippen LogP contribution in [0.1, 0.15) is 21.8 Å². The lowest BCUT2D eigenvalue weighted by atomic mass is 9.89. The van der Waals surface area contributed by atoms with Crippen molar-refractivity contribution in [1.82, 2.24) is 0 Å². The normalized spacial score (nSPS) is 13.1. The summed E-state index contributed by atoms with van der Waals surface area (Å²) in [4.78, 5) is 12.3. The predicted octanol–water partition coefficient (Wildman–Crippen LogP) is 3.36. The van der Waals surface area contributed by atoms with Gasteiger partial charge in [-0.15, -0.1) is 5.73 Å². The van der Waals surface area contributed by atoms with Crippen molar-refractivity contribution in [2.75, 3.05) is 0 Å². The van der Waals surface area contributed by atoms with E-state index in [1.807, 2.05) is 36.4 Å². The van der Waals surface area contributed by atoms with E-state index in [-0.39, 0.29) is 5.78 Å². The van der Waals surface area contributed by atoms with E-state index in [4.69, 9.17) is 0 Å². The second kappa shape index (κ2) is 6.67. The van der Waals surface area contributed by atoms with Gasteiger partial charge in [0.2, 0.25) is 0 Å². The average molecular weight is 264 g/mol. The van der Waals surface area contributed by atoms with Gasteiger partial charge in [0.1, 0.15) is 6.10 Å². The topological polar surface area (TPSA) is 37.3 Å². The number of hydrogen-bond donors (Lipinski definition) is 1. The second-order valence-corrected chi connectivity index (χ2v) is 4.48. The molecule has 0 aliphatic carbocycles. The van der Waals surface area contributed by atoms with E-state index in [1.54, 1.807) is 30.3 Å². The van der Waals surface area contributed by atoms with Crippen molar-refractivity contribution in [1.29, 1.82) is 0 Å². The van der Waals surface area contributed by atoms with Crippen LogP contribution in [0.4, 0.5) is 0 Å². The van der Waals surface area contributed by atoms with Crippen molar-refractivity contribution in [3.63, 3.8) is 0 Å². The number of carbonyl (C=O) groups is 1. The minimum absolute atomic E-state index is 0.300. The molecular formula is C18H16O2. The Bertz CT molecular complexity index is 610. The van der Waals surface area contributed by atoms with Crippen molar-refractivity contribution >= 4 is 5.78 Å². The maximum Gasteiger partial charge on any atom is 0.192 e. The van der Waals surface area contributed by atoms with Gasteiger partial charge in [0, 0.05) is 11.5 Å². The molecule has 0 saturated heterocycles. The standard InChI is InChI=1S/C18H16O2/c1-2-9-16(14-10-5-3-6-11-14)18(20)17(19)15-12-7-4-8-13-15/h3-13,16,18,20H,1H2/t16-,18-/m1/s1. The Labute approximate surface area is 118 Å². The minimum atomic E-state index is -1.14. The first-order chi connectivity index (χ1) is 9.74. The molecule has 1 N–H and O–H groups in total. The SMILES string of the molecule is C=C=C[C@H](c1ccccc1)[C@@H](O)C(=O)c1ccccc1. The van der Waals surface area contributed by atoms with Crippen molar-refractivity contribution in [3.8, 4) is 0 Å². The Morgan fingerprint density at radius 1 is 1.05 bits per heavy atom. The molecule has 2 aromatic carbocycles. The van der Waals surface area contributed by atoms with Gasteiger partial charge in [0.05, 0.1) is 0 Å². The Balaban J connectivity index is 2.31. The maximum absolute atomic E-state index is 12.3. The summed E-state index contributed by atoms with van der Waals surface area (Å²) in [5, 5.41) is 10.4. The summed E-state index contributed by atoms with van der Waals surface area (Å²) >= 11 is 0. The van der Waals surface area contributed by atoms with E-state index >= 15 is 0 Å². The molecule has 0 bridgehead atoms. The second-order valence-electron chi connectivity index (χ2n) is 4.48. The molecule has 20 heavy (non-hydrogen) atoms. The van der Waals surface area contributed by atoms with Crippen LogP contribution in [0, 0.1) is 0 Å². The van der Waals surface area contributed by atoms with E-state index in [9.17, 15) is 9.90 Å². The molecule has 0 aliphatic heterocycles. The predicted molar refractivity (Wildman–Crippen MR) is 79.7 cm³/mol. The average Bonchev–Trinajstić information content (AvgIpc) is 2.53. The summed E-state index contributed by atoms with van der Waals surface area (Å²) in [7, 11) is 0. The lowest BCUT2D eigenvalue weighted by Crippen LogP contribution is -2.27. The van der Waals surface area contributed by atoms with Gasteiger partial charge in [-0.05, 0) is 11.6 Å². The number of aliphatic hydroxyl groups excluding tert-OH is 1. The monoisotopic (exact) mass is 264 g/mol. The number of ketones is 1. The first kappa shape index (κ1) is 14.0. The van der Waals surface area contributed by atoms with Crippen LogP contribution in [-0.2, 0) is 0 Å². The van der Waals surface area contributed by atoms with Crippen LogP contribution in [0.5, 0.6) is 0 Å². The summed E-state index contributed by atoms with van der Waals surface area (Å²) < 4.78 is 0. The van der Waals surface area contributed by atoms with Gasteiger partial charge in [0.25, 0.3) is 0 Å². The van der Waals surface area contributed by atoms with Gasteiger partial charge in [-0.1, -0.05) is 67.2 Å². The highest BCUT2D eigenvalue weighted by molar-refractivity contribution is 6.00. The van der Waals surface area contributed by atoms with Crippen LogP contribution >= 0.6 is 0 Å². The summed E-state index contributed by atoms with van der Waals surface area (Å²) in [5.41, 5.74) is 4.03. The molecule has 0 spiro atoms. The third kappa shape index (κ3) is 3.12. The molecule has 0 heterocycles. The number of carbonyl (C=O) groups excluding carboxylic acids is 1.